The third-order valence-corrected chi connectivity index (χ3v) is 3.85. The zero-order valence-electron chi connectivity index (χ0n) is 11.9. The molecule has 0 aliphatic heterocycles. The van der Waals surface area contributed by atoms with E-state index >= 15 is 0 Å². The van der Waals surface area contributed by atoms with Crippen LogP contribution >= 0.6 is 0 Å². The molecule has 2 fully saturated rings. The molecule has 0 amide bonds. The molecule has 6 nitrogen and oxygen atoms in total. The van der Waals surface area contributed by atoms with Crippen molar-refractivity contribution in [1.29, 1.82) is 10.5 Å². The van der Waals surface area contributed by atoms with E-state index in [2.05, 4.69) is 17.1 Å². The fraction of sp³-hybridized carbons (Fsp3) is 0.867. The summed E-state index contributed by atoms with van der Waals surface area (Å²) in [5.74, 6) is 3.89. The van der Waals surface area contributed by atoms with Crippen molar-refractivity contribution in [3.05, 3.63) is 4.91 Å². The number of nitroso groups, excluding NO2 is 1. The van der Waals surface area contributed by atoms with E-state index in [1.807, 2.05) is 6.07 Å². The maximum absolute atomic E-state index is 10.2. The Balaban J connectivity index is 0. The van der Waals surface area contributed by atoms with Gasteiger partial charge in [0.1, 0.15) is 0 Å². The highest BCUT2D eigenvalue weighted by molar-refractivity contribution is 5.08. The summed E-state index contributed by atoms with van der Waals surface area (Å²) in [5, 5.41) is 26.4. The zero-order valence-corrected chi connectivity index (χ0v) is 11.9. The molecule has 2 aliphatic rings. The van der Waals surface area contributed by atoms with Gasteiger partial charge in [0.05, 0.1) is 12.1 Å². The Morgan fingerprint density at radius 1 is 1.00 bits per heavy atom. The molecule has 0 aromatic rings. The standard InChI is InChI=1S/C7H10N2O.C7H11N.CH4.H3NO/c8-6-7(9-10)4-2-1-3-5-7;8-6-7-4-2-1-3-5-7;;1-2/h1-5H2;7H,1-5H2;1H4;2H,1H2. The third-order valence-electron chi connectivity index (χ3n) is 3.85. The molecule has 6 heteroatoms. The van der Waals surface area contributed by atoms with Crippen molar-refractivity contribution in [2.24, 2.45) is 17.0 Å². The Morgan fingerprint density at radius 2 is 1.48 bits per heavy atom. The van der Waals surface area contributed by atoms with E-state index in [1.165, 1.54) is 19.3 Å². The lowest BCUT2D eigenvalue weighted by molar-refractivity contribution is 0.311. The molecule has 2 saturated carbocycles. The average Bonchev–Trinajstić information content (AvgIpc) is 2.58. The van der Waals surface area contributed by atoms with Gasteiger partial charge in [0.25, 0.3) is 0 Å². The van der Waals surface area contributed by atoms with Gasteiger partial charge in [-0.2, -0.15) is 10.5 Å². The van der Waals surface area contributed by atoms with Crippen LogP contribution in [0.5, 0.6) is 0 Å². The van der Waals surface area contributed by atoms with Crippen molar-refractivity contribution < 1.29 is 5.21 Å². The van der Waals surface area contributed by atoms with Crippen LogP contribution in [0.2, 0.25) is 0 Å². The summed E-state index contributed by atoms with van der Waals surface area (Å²) in [5.41, 5.74) is -0.863. The highest BCUT2D eigenvalue weighted by Gasteiger charge is 2.33. The molecule has 0 saturated heterocycles. The summed E-state index contributed by atoms with van der Waals surface area (Å²) < 4.78 is 0. The zero-order chi connectivity index (χ0) is 15.3. The highest BCUT2D eigenvalue weighted by atomic mass is 16.4. The van der Waals surface area contributed by atoms with E-state index < -0.39 is 5.54 Å². The van der Waals surface area contributed by atoms with E-state index in [9.17, 15) is 4.91 Å². The number of nitriles is 2. The Labute approximate surface area is 127 Å². The highest BCUT2D eigenvalue weighted by Crippen LogP contribution is 2.30. The molecule has 0 bridgehead atoms. The molecule has 3 N–H and O–H groups in total. The summed E-state index contributed by atoms with van der Waals surface area (Å²) in [6.07, 6.45) is 10.6. The van der Waals surface area contributed by atoms with Gasteiger partial charge >= 0.3 is 0 Å². The largest absolute Gasteiger partial charge is 0.320 e. The topological polar surface area (TPSA) is 123 Å². The molecule has 2 rings (SSSR count). The van der Waals surface area contributed by atoms with Gasteiger partial charge in [-0.1, -0.05) is 33.1 Å². The van der Waals surface area contributed by atoms with Crippen LogP contribution in [0.15, 0.2) is 5.18 Å². The number of hydrogen-bond acceptors (Lipinski definition) is 6. The number of nitrogens with two attached hydrogens (primary N) is 1. The molecule has 0 heterocycles. The third kappa shape index (κ3) is 8.39. The van der Waals surface area contributed by atoms with E-state index in [0.717, 1.165) is 32.1 Å². The van der Waals surface area contributed by atoms with Crippen LogP contribution in [0, 0.1) is 33.5 Å². The van der Waals surface area contributed by atoms with Crippen molar-refractivity contribution in [2.75, 3.05) is 0 Å². The lowest BCUT2D eigenvalue weighted by atomic mass is 9.84. The number of nitrogens with zero attached hydrogens (tertiary/aromatic N) is 3. The lowest BCUT2D eigenvalue weighted by Gasteiger charge is -2.22. The second-order valence-corrected chi connectivity index (χ2v) is 5.26. The van der Waals surface area contributed by atoms with E-state index in [0.29, 0.717) is 18.8 Å². The van der Waals surface area contributed by atoms with Crippen LogP contribution < -0.4 is 5.90 Å². The number of hydrogen-bond donors (Lipinski definition) is 2. The first-order valence-corrected chi connectivity index (χ1v) is 7.17. The molecular weight excluding hydrogens is 268 g/mol. The monoisotopic (exact) mass is 296 g/mol. The van der Waals surface area contributed by atoms with Gasteiger partial charge in [-0.25, -0.2) is 5.90 Å². The minimum absolute atomic E-state index is 0. The summed E-state index contributed by atoms with van der Waals surface area (Å²) >= 11 is 0. The first-order chi connectivity index (χ1) is 9.76. The number of rotatable bonds is 1. The molecule has 2 aliphatic carbocycles. The van der Waals surface area contributed by atoms with Crippen LogP contribution in [0.4, 0.5) is 0 Å². The summed E-state index contributed by atoms with van der Waals surface area (Å²) in [7, 11) is 0. The fourth-order valence-electron chi connectivity index (χ4n) is 2.59. The smallest absolute Gasteiger partial charge is 0.188 e. The second-order valence-electron chi connectivity index (χ2n) is 5.26. The van der Waals surface area contributed by atoms with Crippen molar-refractivity contribution in [3.63, 3.8) is 0 Å². The van der Waals surface area contributed by atoms with Crippen molar-refractivity contribution in [3.8, 4) is 12.1 Å². The predicted molar refractivity (Wildman–Crippen MR) is 82.1 cm³/mol. The van der Waals surface area contributed by atoms with E-state index in [1.54, 1.807) is 0 Å². The normalized spacial score (nSPS) is 19.8. The molecule has 0 aromatic heterocycles. The van der Waals surface area contributed by atoms with E-state index in [4.69, 9.17) is 15.7 Å². The summed E-state index contributed by atoms with van der Waals surface area (Å²) in [6.45, 7) is 0. The first kappa shape index (κ1) is 21.8. The SMILES string of the molecule is C.N#CC1(N=O)CCCCC1.N#CC1CCCCC1.NO. The lowest BCUT2D eigenvalue weighted by Crippen LogP contribution is -2.26. The van der Waals surface area contributed by atoms with Gasteiger partial charge in [0, 0.05) is 5.92 Å². The Bertz CT molecular complexity index is 335. The predicted octanol–water partition coefficient (Wildman–Crippen LogP) is 4.04. The molecule has 0 unspecified atom stereocenters. The molecular formula is C15H28N4O2. The van der Waals surface area contributed by atoms with Crippen LogP contribution in [-0.2, 0) is 0 Å². The van der Waals surface area contributed by atoms with Crippen LogP contribution in [0.25, 0.3) is 0 Å². The van der Waals surface area contributed by atoms with Gasteiger partial charge in [-0.15, -0.1) is 4.91 Å². The van der Waals surface area contributed by atoms with Crippen LogP contribution in [-0.4, -0.2) is 10.7 Å². The van der Waals surface area contributed by atoms with E-state index in [-0.39, 0.29) is 7.43 Å². The van der Waals surface area contributed by atoms with Crippen LogP contribution in [0.1, 0.15) is 71.6 Å². The average molecular weight is 296 g/mol. The molecule has 120 valence electrons. The quantitative estimate of drug-likeness (QED) is 0.558. The maximum atomic E-state index is 10.2. The first-order valence-electron chi connectivity index (χ1n) is 7.17. The Kier molecular flexibility index (Phi) is 14.0. The molecule has 0 aromatic carbocycles. The molecule has 21 heavy (non-hydrogen) atoms. The van der Waals surface area contributed by atoms with Crippen molar-refractivity contribution in [2.45, 2.75) is 77.2 Å². The Hall–Kier alpha value is -1.50. The fourth-order valence-corrected chi connectivity index (χ4v) is 2.59. The summed E-state index contributed by atoms with van der Waals surface area (Å²) in [4.78, 5) is 10.2. The van der Waals surface area contributed by atoms with Gasteiger partial charge < -0.3 is 5.21 Å². The molecule has 0 spiro atoms. The van der Waals surface area contributed by atoms with Crippen molar-refractivity contribution >= 4 is 0 Å². The second kappa shape index (κ2) is 13.5. The van der Waals surface area contributed by atoms with Gasteiger partial charge in [-0.05, 0) is 43.7 Å². The van der Waals surface area contributed by atoms with Crippen molar-refractivity contribution in [1.82, 2.24) is 0 Å². The van der Waals surface area contributed by atoms with Gasteiger partial charge in [-0.3, -0.25) is 0 Å². The summed E-state index contributed by atoms with van der Waals surface area (Å²) in [6, 6.07) is 4.29. The minimum Gasteiger partial charge on any atom is -0.320 e. The van der Waals surface area contributed by atoms with Gasteiger partial charge in [0.2, 0.25) is 0 Å². The maximum Gasteiger partial charge on any atom is 0.188 e. The minimum atomic E-state index is -0.863. The Morgan fingerprint density at radius 3 is 1.76 bits per heavy atom. The molecule has 0 atom stereocenters. The van der Waals surface area contributed by atoms with Crippen LogP contribution in [0.3, 0.4) is 0 Å². The van der Waals surface area contributed by atoms with Gasteiger partial charge in [0.15, 0.2) is 5.54 Å². The molecule has 0 radical (unpaired) electrons.